The second kappa shape index (κ2) is 4.26. The maximum atomic E-state index is 11.5. The third-order valence-electron chi connectivity index (χ3n) is 3.07. The molecule has 0 N–H and O–H groups in total. The quantitative estimate of drug-likeness (QED) is 0.724. The summed E-state index contributed by atoms with van der Waals surface area (Å²) in [5, 5.41) is 0. The van der Waals surface area contributed by atoms with Crippen molar-refractivity contribution in [1.29, 1.82) is 0 Å². The van der Waals surface area contributed by atoms with E-state index in [4.69, 9.17) is 4.74 Å². The molecule has 1 aliphatic rings. The van der Waals surface area contributed by atoms with E-state index in [1.807, 2.05) is 25.1 Å². The Kier molecular flexibility index (Phi) is 2.97. The molecule has 0 unspecified atom stereocenters. The van der Waals surface area contributed by atoms with Gasteiger partial charge in [-0.2, -0.15) is 0 Å². The summed E-state index contributed by atoms with van der Waals surface area (Å²) in [7, 11) is 1.45. The summed E-state index contributed by atoms with van der Waals surface area (Å²) in [6.45, 7) is 4.44. The molecule has 0 spiro atoms. The molecule has 0 atom stereocenters. The molecular formula is C13H17NO2. The molecule has 0 aliphatic carbocycles. The van der Waals surface area contributed by atoms with Crippen LogP contribution < -0.4 is 0 Å². The highest BCUT2D eigenvalue weighted by molar-refractivity contribution is 5.78. The minimum absolute atomic E-state index is 0.100. The van der Waals surface area contributed by atoms with E-state index in [2.05, 4.69) is 17.0 Å². The molecule has 0 radical (unpaired) electrons. The van der Waals surface area contributed by atoms with E-state index in [1.54, 1.807) is 0 Å². The van der Waals surface area contributed by atoms with Gasteiger partial charge in [0.05, 0.1) is 12.5 Å². The van der Waals surface area contributed by atoms with Crippen molar-refractivity contribution in [3.05, 3.63) is 35.9 Å². The Morgan fingerprint density at radius 3 is 2.56 bits per heavy atom. The molecule has 86 valence electrons. The Labute approximate surface area is 96.0 Å². The average Bonchev–Trinajstić information content (AvgIpc) is 2.27. The minimum atomic E-state index is -0.302. The summed E-state index contributed by atoms with van der Waals surface area (Å²) < 4.78 is 4.79. The molecule has 3 heteroatoms. The highest BCUT2D eigenvalue weighted by Gasteiger charge is 2.45. The SMILES string of the molecule is COC(=O)C1(C)CN(Cc2ccccc2)C1. The zero-order valence-electron chi connectivity index (χ0n) is 9.77. The monoisotopic (exact) mass is 219 g/mol. The van der Waals surface area contributed by atoms with Gasteiger partial charge in [0.15, 0.2) is 0 Å². The second-order valence-corrected chi connectivity index (χ2v) is 4.68. The first kappa shape index (κ1) is 11.1. The van der Waals surface area contributed by atoms with Crippen LogP contribution in [-0.2, 0) is 16.1 Å². The van der Waals surface area contributed by atoms with Crippen molar-refractivity contribution in [3.8, 4) is 0 Å². The van der Waals surface area contributed by atoms with Crippen LogP contribution in [0.15, 0.2) is 30.3 Å². The third-order valence-corrected chi connectivity index (χ3v) is 3.07. The summed E-state index contributed by atoms with van der Waals surface area (Å²) in [4.78, 5) is 13.7. The van der Waals surface area contributed by atoms with Crippen LogP contribution in [0.4, 0.5) is 0 Å². The first-order chi connectivity index (χ1) is 7.64. The van der Waals surface area contributed by atoms with Crippen molar-refractivity contribution >= 4 is 5.97 Å². The van der Waals surface area contributed by atoms with E-state index in [-0.39, 0.29) is 11.4 Å². The molecule has 0 bridgehead atoms. The van der Waals surface area contributed by atoms with Crippen molar-refractivity contribution in [2.75, 3.05) is 20.2 Å². The molecule has 1 heterocycles. The maximum Gasteiger partial charge on any atom is 0.314 e. The Bertz CT molecular complexity index is 369. The van der Waals surface area contributed by atoms with Gasteiger partial charge >= 0.3 is 5.97 Å². The van der Waals surface area contributed by atoms with E-state index in [0.29, 0.717) is 0 Å². The fourth-order valence-electron chi connectivity index (χ4n) is 2.27. The standard InChI is InChI=1S/C13H17NO2/c1-13(12(15)16-2)9-14(10-13)8-11-6-4-3-5-7-11/h3-7H,8-10H2,1-2H3. The fraction of sp³-hybridized carbons (Fsp3) is 0.462. The number of likely N-dealkylation sites (tertiary alicyclic amines) is 1. The molecule has 1 fully saturated rings. The van der Waals surface area contributed by atoms with Crippen LogP contribution in [0.2, 0.25) is 0 Å². The molecule has 2 rings (SSSR count). The van der Waals surface area contributed by atoms with Crippen molar-refractivity contribution in [1.82, 2.24) is 4.90 Å². The predicted molar refractivity (Wildman–Crippen MR) is 61.8 cm³/mol. The smallest absolute Gasteiger partial charge is 0.314 e. The van der Waals surface area contributed by atoms with Gasteiger partial charge in [0.2, 0.25) is 0 Å². The van der Waals surface area contributed by atoms with Crippen LogP contribution >= 0.6 is 0 Å². The van der Waals surface area contributed by atoms with Crippen molar-refractivity contribution in [3.63, 3.8) is 0 Å². The first-order valence-electron chi connectivity index (χ1n) is 5.49. The Morgan fingerprint density at radius 2 is 2.00 bits per heavy atom. The molecule has 1 aromatic carbocycles. The topological polar surface area (TPSA) is 29.5 Å². The molecule has 0 aromatic heterocycles. The van der Waals surface area contributed by atoms with Crippen LogP contribution in [0.3, 0.4) is 0 Å². The van der Waals surface area contributed by atoms with E-state index in [1.165, 1.54) is 12.7 Å². The number of rotatable bonds is 3. The number of methoxy groups -OCH3 is 1. The van der Waals surface area contributed by atoms with E-state index in [0.717, 1.165) is 19.6 Å². The number of nitrogens with zero attached hydrogens (tertiary/aromatic N) is 1. The molecule has 1 saturated heterocycles. The molecule has 1 aromatic rings. The number of carbonyl (C=O) groups is 1. The van der Waals surface area contributed by atoms with Crippen LogP contribution in [-0.4, -0.2) is 31.1 Å². The fourth-order valence-corrected chi connectivity index (χ4v) is 2.27. The third kappa shape index (κ3) is 2.09. The summed E-state index contributed by atoms with van der Waals surface area (Å²) >= 11 is 0. The Morgan fingerprint density at radius 1 is 1.38 bits per heavy atom. The van der Waals surface area contributed by atoms with Gasteiger partial charge in [0.1, 0.15) is 0 Å². The maximum absolute atomic E-state index is 11.5. The number of carbonyl (C=O) groups excluding carboxylic acids is 1. The number of ether oxygens (including phenoxy) is 1. The van der Waals surface area contributed by atoms with Gasteiger partial charge in [-0.15, -0.1) is 0 Å². The largest absolute Gasteiger partial charge is 0.469 e. The number of hydrogen-bond acceptors (Lipinski definition) is 3. The highest BCUT2D eigenvalue weighted by atomic mass is 16.5. The second-order valence-electron chi connectivity index (χ2n) is 4.68. The van der Waals surface area contributed by atoms with Crippen LogP contribution in [0.5, 0.6) is 0 Å². The summed E-state index contributed by atoms with van der Waals surface area (Å²) in [5.41, 5.74) is 0.984. The van der Waals surface area contributed by atoms with Gasteiger partial charge in [-0.05, 0) is 12.5 Å². The number of benzene rings is 1. The molecule has 0 amide bonds. The molecular weight excluding hydrogens is 202 g/mol. The van der Waals surface area contributed by atoms with Crippen molar-refractivity contribution < 1.29 is 9.53 Å². The van der Waals surface area contributed by atoms with Gasteiger partial charge in [-0.25, -0.2) is 0 Å². The predicted octanol–water partition coefficient (Wildman–Crippen LogP) is 1.68. The summed E-state index contributed by atoms with van der Waals surface area (Å²) in [6.07, 6.45) is 0. The van der Waals surface area contributed by atoms with Crippen molar-refractivity contribution in [2.24, 2.45) is 5.41 Å². The lowest BCUT2D eigenvalue weighted by molar-refractivity contribution is -0.162. The Balaban J connectivity index is 1.87. The zero-order valence-corrected chi connectivity index (χ0v) is 9.77. The van der Waals surface area contributed by atoms with Crippen LogP contribution in [0.1, 0.15) is 12.5 Å². The molecule has 3 nitrogen and oxygen atoms in total. The zero-order chi connectivity index (χ0) is 11.6. The highest BCUT2D eigenvalue weighted by Crippen LogP contribution is 2.32. The minimum Gasteiger partial charge on any atom is -0.469 e. The van der Waals surface area contributed by atoms with E-state index >= 15 is 0 Å². The van der Waals surface area contributed by atoms with Gasteiger partial charge < -0.3 is 4.74 Å². The normalized spacial score (nSPS) is 18.9. The molecule has 1 aliphatic heterocycles. The van der Waals surface area contributed by atoms with Gasteiger partial charge in [0, 0.05) is 19.6 Å². The molecule has 0 saturated carbocycles. The van der Waals surface area contributed by atoms with E-state index < -0.39 is 0 Å². The first-order valence-corrected chi connectivity index (χ1v) is 5.49. The van der Waals surface area contributed by atoms with Crippen LogP contribution in [0, 0.1) is 5.41 Å². The van der Waals surface area contributed by atoms with E-state index in [9.17, 15) is 4.79 Å². The lowest BCUT2D eigenvalue weighted by Gasteiger charge is -2.45. The van der Waals surface area contributed by atoms with Crippen molar-refractivity contribution in [2.45, 2.75) is 13.5 Å². The average molecular weight is 219 g/mol. The van der Waals surface area contributed by atoms with Gasteiger partial charge in [-0.3, -0.25) is 9.69 Å². The summed E-state index contributed by atoms with van der Waals surface area (Å²) in [6, 6.07) is 10.3. The number of hydrogen-bond donors (Lipinski definition) is 0. The lowest BCUT2D eigenvalue weighted by atomic mass is 9.82. The van der Waals surface area contributed by atoms with Gasteiger partial charge in [-0.1, -0.05) is 30.3 Å². The number of esters is 1. The summed E-state index contributed by atoms with van der Waals surface area (Å²) in [5.74, 6) is -0.100. The van der Waals surface area contributed by atoms with Crippen LogP contribution in [0.25, 0.3) is 0 Å². The lowest BCUT2D eigenvalue weighted by Crippen LogP contribution is -2.58. The molecule has 16 heavy (non-hydrogen) atoms. The Hall–Kier alpha value is -1.35. The van der Waals surface area contributed by atoms with Gasteiger partial charge in [0.25, 0.3) is 0 Å².